The van der Waals surface area contributed by atoms with Crippen LogP contribution < -0.4 is 33.2 Å². The van der Waals surface area contributed by atoms with Gasteiger partial charge in [-0.1, -0.05) is 20.3 Å². The summed E-state index contributed by atoms with van der Waals surface area (Å²) in [4.78, 5) is 70.7. The molecule has 5 unspecified atom stereocenters. The monoisotopic (exact) mass is 476 g/mol. The number of carboxylic acids is 1. The first-order chi connectivity index (χ1) is 14.8. The molecule has 13 nitrogen and oxygen atoms in total. The molecule has 0 rings (SSSR count). The molecular formula is C18H32N6O7S. The molecular weight excluding hydrogens is 444 g/mol. The number of carboxylic acid groups (broad SMARTS) is 1. The largest absolute Gasteiger partial charge is 0.480 e. The molecule has 0 aromatic rings. The molecule has 0 aliphatic heterocycles. The Morgan fingerprint density at radius 1 is 0.906 bits per heavy atom. The van der Waals surface area contributed by atoms with Gasteiger partial charge in [0.05, 0.1) is 12.5 Å². The minimum atomic E-state index is -1.38. The van der Waals surface area contributed by atoms with Gasteiger partial charge >= 0.3 is 5.97 Å². The van der Waals surface area contributed by atoms with E-state index < -0.39 is 72.0 Å². The van der Waals surface area contributed by atoms with E-state index in [-0.39, 0.29) is 18.6 Å². The van der Waals surface area contributed by atoms with Gasteiger partial charge in [0, 0.05) is 12.2 Å². The number of nitrogens with one attached hydrogen (secondary N) is 3. The number of hydrogen-bond donors (Lipinski definition) is 8. The van der Waals surface area contributed by atoms with Crippen LogP contribution in [0.4, 0.5) is 0 Å². The molecule has 5 atom stereocenters. The lowest BCUT2D eigenvalue weighted by atomic mass is 9.97. The van der Waals surface area contributed by atoms with E-state index in [9.17, 15) is 33.9 Å². The first-order valence-electron chi connectivity index (χ1n) is 9.90. The summed E-state index contributed by atoms with van der Waals surface area (Å²) in [6.45, 7) is 3.43. The molecule has 0 aromatic heterocycles. The number of aliphatic carboxylic acids is 1. The van der Waals surface area contributed by atoms with Gasteiger partial charge in [-0.05, 0) is 12.3 Å². The van der Waals surface area contributed by atoms with Crippen LogP contribution in [-0.4, -0.2) is 70.5 Å². The molecule has 0 fully saturated rings. The highest BCUT2D eigenvalue weighted by molar-refractivity contribution is 7.80. The van der Waals surface area contributed by atoms with E-state index in [0.29, 0.717) is 6.42 Å². The fraction of sp³-hybridized carbons (Fsp3) is 0.667. The molecule has 0 saturated carbocycles. The zero-order valence-electron chi connectivity index (χ0n) is 18.0. The van der Waals surface area contributed by atoms with E-state index in [1.807, 2.05) is 0 Å². The zero-order chi connectivity index (χ0) is 25.0. The molecule has 182 valence electrons. The highest BCUT2D eigenvalue weighted by Crippen LogP contribution is 2.10. The number of thiol groups is 1. The van der Waals surface area contributed by atoms with Crippen molar-refractivity contribution < 1.29 is 33.9 Å². The third-order valence-electron chi connectivity index (χ3n) is 4.66. The van der Waals surface area contributed by atoms with E-state index in [0.717, 1.165) is 0 Å². The summed E-state index contributed by atoms with van der Waals surface area (Å²) in [7, 11) is 0. The average molecular weight is 477 g/mol. The van der Waals surface area contributed by atoms with Crippen molar-refractivity contribution in [3.8, 4) is 0 Å². The van der Waals surface area contributed by atoms with Crippen molar-refractivity contribution >= 4 is 48.1 Å². The molecule has 0 aromatic carbocycles. The predicted octanol–water partition coefficient (Wildman–Crippen LogP) is -3.03. The second-order valence-corrected chi connectivity index (χ2v) is 7.66. The molecule has 10 N–H and O–H groups in total. The summed E-state index contributed by atoms with van der Waals surface area (Å²) in [5, 5.41) is 16.4. The molecule has 0 heterocycles. The number of carbonyl (C=O) groups is 6. The van der Waals surface area contributed by atoms with Gasteiger partial charge in [-0.25, -0.2) is 4.79 Å². The highest BCUT2D eigenvalue weighted by atomic mass is 32.1. The highest BCUT2D eigenvalue weighted by Gasteiger charge is 2.32. The number of rotatable bonds is 15. The van der Waals surface area contributed by atoms with Crippen molar-refractivity contribution in [2.45, 2.75) is 63.7 Å². The Morgan fingerprint density at radius 3 is 1.91 bits per heavy atom. The van der Waals surface area contributed by atoms with Crippen LogP contribution in [0.5, 0.6) is 0 Å². The van der Waals surface area contributed by atoms with Crippen LogP contribution in [0.3, 0.4) is 0 Å². The summed E-state index contributed by atoms with van der Waals surface area (Å²) >= 11 is 4.02. The van der Waals surface area contributed by atoms with Crippen LogP contribution in [0, 0.1) is 5.92 Å². The Bertz CT molecular complexity index is 720. The minimum absolute atomic E-state index is 0.147. The summed E-state index contributed by atoms with van der Waals surface area (Å²) in [5.41, 5.74) is 15.6. The summed E-state index contributed by atoms with van der Waals surface area (Å²) in [5.74, 6) is -5.78. The van der Waals surface area contributed by atoms with E-state index in [1.54, 1.807) is 13.8 Å². The smallest absolute Gasteiger partial charge is 0.326 e. The standard InChI is InChI=1S/C18H32N6O7S/c1-3-8(2)14(17(29)22-10(18(30)31)4-5-12(20)25)24-16(28)11(7-32)23-15(27)9(19)6-13(21)26/h8-11,14,32H,3-7,19H2,1-2H3,(H2,20,25)(H2,21,26)(H,22,29)(H,23,27)(H,24,28)(H,30,31). The van der Waals surface area contributed by atoms with Crippen LogP contribution in [0.1, 0.15) is 39.5 Å². The molecule has 5 amide bonds. The topological polar surface area (TPSA) is 237 Å². The third-order valence-corrected chi connectivity index (χ3v) is 5.03. The SMILES string of the molecule is CCC(C)C(NC(=O)C(CS)NC(=O)C(N)CC(N)=O)C(=O)NC(CCC(N)=O)C(=O)O. The molecule has 0 bridgehead atoms. The van der Waals surface area contributed by atoms with E-state index >= 15 is 0 Å². The lowest BCUT2D eigenvalue weighted by molar-refractivity contribution is -0.143. The van der Waals surface area contributed by atoms with Crippen molar-refractivity contribution in [3.63, 3.8) is 0 Å². The molecule has 0 saturated heterocycles. The molecule has 0 spiro atoms. The number of nitrogens with two attached hydrogens (primary N) is 3. The van der Waals surface area contributed by atoms with Crippen molar-refractivity contribution in [2.24, 2.45) is 23.1 Å². The van der Waals surface area contributed by atoms with Gasteiger partial charge in [0.25, 0.3) is 0 Å². The summed E-state index contributed by atoms with van der Waals surface area (Å²) in [6, 6.07) is -4.97. The van der Waals surface area contributed by atoms with Gasteiger partial charge in [0.1, 0.15) is 18.1 Å². The van der Waals surface area contributed by atoms with Gasteiger partial charge in [0.2, 0.25) is 29.5 Å². The second-order valence-electron chi connectivity index (χ2n) is 7.30. The van der Waals surface area contributed by atoms with Gasteiger partial charge in [-0.2, -0.15) is 12.6 Å². The van der Waals surface area contributed by atoms with Crippen LogP contribution in [0.2, 0.25) is 0 Å². The minimum Gasteiger partial charge on any atom is -0.480 e. The normalized spacial score (nSPS) is 15.4. The molecule has 32 heavy (non-hydrogen) atoms. The lowest BCUT2D eigenvalue weighted by Gasteiger charge is -2.27. The first kappa shape index (κ1) is 29.1. The number of carbonyl (C=O) groups excluding carboxylic acids is 5. The summed E-state index contributed by atoms with van der Waals surface area (Å²) < 4.78 is 0. The quantitative estimate of drug-likeness (QED) is 0.113. The molecule has 0 aliphatic rings. The van der Waals surface area contributed by atoms with Crippen LogP contribution in [-0.2, 0) is 28.8 Å². The van der Waals surface area contributed by atoms with E-state index in [2.05, 4.69) is 28.6 Å². The van der Waals surface area contributed by atoms with Crippen molar-refractivity contribution in [2.75, 3.05) is 5.75 Å². The van der Waals surface area contributed by atoms with Crippen molar-refractivity contribution in [3.05, 3.63) is 0 Å². The maximum Gasteiger partial charge on any atom is 0.326 e. The van der Waals surface area contributed by atoms with Crippen molar-refractivity contribution in [1.82, 2.24) is 16.0 Å². The Hall–Kier alpha value is -2.87. The fourth-order valence-electron chi connectivity index (χ4n) is 2.54. The Kier molecular flexibility index (Phi) is 13.0. The number of primary amides is 2. The lowest BCUT2D eigenvalue weighted by Crippen LogP contribution is -2.59. The number of hydrogen-bond acceptors (Lipinski definition) is 8. The van der Waals surface area contributed by atoms with E-state index in [1.165, 1.54) is 0 Å². The average Bonchev–Trinajstić information content (AvgIpc) is 2.70. The maximum absolute atomic E-state index is 12.7. The van der Waals surface area contributed by atoms with Crippen molar-refractivity contribution in [1.29, 1.82) is 0 Å². The van der Waals surface area contributed by atoms with Gasteiger partial charge in [0.15, 0.2) is 0 Å². The van der Waals surface area contributed by atoms with E-state index in [4.69, 9.17) is 17.2 Å². The van der Waals surface area contributed by atoms with Crippen LogP contribution in [0.25, 0.3) is 0 Å². The van der Waals surface area contributed by atoms with Crippen LogP contribution in [0.15, 0.2) is 0 Å². The maximum atomic E-state index is 12.7. The summed E-state index contributed by atoms with van der Waals surface area (Å²) in [6.07, 6.45) is -0.438. The number of amides is 5. The zero-order valence-corrected chi connectivity index (χ0v) is 18.9. The molecule has 0 radical (unpaired) electrons. The second kappa shape index (κ2) is 14.2. The molecule has 0 aliphatic carbocycles. The molecule has 14 heteroatoms. The van der Waals surface area contributed by atoms with Crippen LogP contribution >= 0.6 is 12.6 Å². The first-order valence-corrected chi connectivity index (χ1v) is 10.5. The Balaban J connectivity index is 5.33. The Morgan fingerprint density at radius 2 is 1.47 bits per heavy atom. The fourth-order valence-corrected chi connectivity index (χ4v) is 2.80. The van der Waals surface area contributed by atoms with Gasteiger partial charge in [-0.3, -0.25) is 24.0 Å². The Labute approximate surface area is 191 Å². The predicted molar refractivity (Wildman–Crippen MR) is 117 cm³/mol. The third kappa shape index (κ3) is 10.4. The van der Waals surface area contributed by atoms with Gasteiger partial charge < -0.3 is 38.3 Å². The van der Waals surface area contributed by atoms with Gasteiger partial charge in [-0.15, -0.1) is 0 Å².